The van der Waals surface area contributed by atoms with Gasteiger partial charge in [-0.1, -0.05) is 0 Å². The van der Waals surface area contributed by atoms with Crippen molar-refractivity contribution in [3.05, 3.63) is 0 Å². The molecule has 1 unspecified atom stereocenters. The van der Waals surface area contributed by atoms with Gasteiger partial charge in [-0.05, 0) is 19.4 Å². The zero-order chi connectivity index (χ0) is 7.52. The molecule has 2 N–H and O–H groups in total. The fraction of sp³-hybridized carbons (Fsp3) is 1.00. The van der Waals surface area contributed by atoms with E-state index in [4.69, 9.17) is 4.74 Å². The summed E-state index contributed by atoms with van der Waals surface area (Å²) in [5.41, 5.74) is 0. The molecule has 3 heteroatoms. The Hall–Kier alpha value is -0.120. The number of hydrogen-bond acceptors (Lipinski definition) is 3. The molecule has 2 heterocycles. The Kier molecular flexibility index (Phi) is 2.41. The minimum atomic E-state index is 0.625. The van der Waals surface area contributed by atoms with Gasteiger partial charge in [0.2, 0.25) is 0 Å². The third kappa shape index (κ3) is 1.92. The molecule has 2 rings (SSSR count). The average Bonchev–Trinajstić information content (AvgIpc) is 2.60. The predicted molar refractivity (Wildman–Crippen MR) is 43.6 cm³/mol. The van der Waals surface area contributed by atoms with Crippen molar-refractivity contribution in [1.82, 2.24) is 10.6 Å². The maximum Gasteiger partial charge on any atom is 0.0620 e. The van der Waals surface area contributed by atoms with Gasteiger partial charge in [-0.15, -0.1) is 0 Å². The lowest BCUT2D eigenvalue weighted by Gasteiger charge is -2.15. The second kappa shape index (κ2) is 3.52. The Labute approximate surface area is 67.5 Å². The van der Waals surface area contributed by atoms with Crippen molar-refractivity contribution in [2.45, 2.75) is 24.9 Å². The molecule has 0 aliphatic carbocycles. The molecule has 0 aromatic carbocycles. The third-order valence-corrected chi connectivity index (χ3v) is 2.46. The minimum Gasteiger partial charge on any atom is -0.380 e. The highest BCUT2D eigenvalue weighted by molar-refractivity contribution is 4.82. The molecule has 11 heavy (non-hydrogen) atoms. The Balaban J connectivity index is 1.71. The monoisotopic (exact) mass is 156 g/mol. The zero-order valence-corrected chi connectivity index (χ0v) is 6.81. The van der Waals surface area contributed by atoms with E-state index in [1.165, 1.54) is 19.4 Å². The molecule has 0 spiro atoms. The highest BCUT2D eigenvalue weighted by Gasteiger charge is 2.21. The van der Waals surface area contributed by atoms with Crippen LogP contribution in [0.4, 0.5) is 0 Å². The first-order valence-corrected chi connectivity index (χ1v) is 4.49. The van der Waals surface area contributed by atoms with Crippen LogP contribution in [0.2, 0.25) is 0 Å². The Morgan fingerprint density at radius 2 is 2.27 bits per heavy atom. The molecule has 2 aliphatic rings. The van der Waals surface area contributed by atoms with Crippen LogP contribution in [0.1, 0.15) is 12.8 Å². The summed E-state index contributed by atoms with van der Waals surface area (Å²) in [6.45, 7) is 4.16. The summed E-state index contributed by atoms with van der Waals surface area (Å²) in [7, 11) is 0. The first-order chi connectivity index (χ1) is 5.45. The molecule has 2 fully saturated rings. The normalized spacial score (nSPS) is 38.2. The van der Waals surface area contributed by atoms with Crippen LogP contribution in [0.5, 0.6) is 0 Å². The van der Waals surface area contributed by atoms with E-state index in [9.17, 15) is 0 Å². The van der Waals surface area contributed by atoms with Crippen LogP contribution in [0.3, 0.4) is 0 Å². The van der Waals surface area contributed by atoms with Crippen LogP contribution in [0, 0.1) is 0 Å². The summed E-state index contributed by atoms with van der Waals surface area (Å²) in [6, 6.07) is 1.32. The van der Waals surface area contributed by atoms with Gasteiger partial charge >= 0.3 is 0 Å². The number of nitrogens with one attached hydrogen (secondary N) is 2. The summed E-state index contributed by atoms with van der Waals surface area (Å²) in [6.07, 6.45) is 2.47. The maximum atomic E-state index is 5.28. The van der Waals surface area contributed by atoms with Crippen LogP contribution in [0.15, 0.2) is 0 Å². The van der Waals surface area contributed by atoms with Crippen LogP contribution in [-0.4, -0.2) is 38.4 Å². The van der Waals surface area contributed by atoms with Gasteiger partial charge in [0, 0.05) is 25.2 Å². The molecular formula is C8H16N2O. The van der Waals surface area contributed by atoms with Crippen molar-refractivity contribution < 1.29 is 4.74 Å². The first kappa shape index (κ1) is 7.53. The molecule has 0 aromatic rings. The van der Waals surface area contributed by atoms with Gasteiger partial charge in [-0.2, -0.15) is 0 Å². The van der Waals surface area contributed by atoms with Gasteiger partial charge in [-0.25, -0.2) is 0 Å². The van der Waals surface area contributed by atoms with E-state index in [1.54, 1.807) is 0 Å². The van der Waals surface area contributed by atoms with Crippen molar-refractivity contribution >= 4 is 0 Å². The summed E-state index contributed by atoms with van der Waals surface area (Å²) < 4.78 is 5.28. The smallest absolute Gasteiger partial charge is 0.0620 e. The SMILES string of the molecule is C1C[C@H](NC2CCOC2)CN1. The lowest BCUT2D eigenvalue weighted by molar-refractivity contribution is 0.188. The van der Waals surface area contributed by atoms with Gasteiger partial charge in [0.15, 0.2) is 0 Å². The Bertz CT molecular complexity index is 103. The second-order valence-corrected chi connectivity index (χ2v) is 3.42. The van der Waals surface area contributed by atoms with Gasteiger partial charge in [0.05, 0.1) is 6.61 Å². The van der Waals surface area contributed by atoms with Crippen LogP contribution in [0.25, 0.3) is 0 Å². The van der Waals surface area contributed by atoms with E-state index in [0.717, 1.165) is 19.8 Å². The van der Waals surface area contributed by atoms with E-state index in [1.807, 2.05) is 0 Å². The molecular weight excluding hydrogens is 140 g/mol. The largest absolute Gasteiger partial charge is 0.380 e. The number of rotatable bonds is 2. The van der Waals surface area contributed by atoms with Gasteiger partial charge in [-0.3, -0.25) is 0 Å². The molecule has 0 saturated carbocycles. The summed E-state index contributed by atoms with van der Waals surface area (Å²) in [4.78, 5) is 0. The van der Waals surface area contributed by atoms with Crippen molar-refractivity contribution in [1.29, 1.82) is 0 Å². The standard InChI is InChI=1S/C8H16N2O/c1-3-9-5-7(1)10-8-2-4-11-6-8/h7-10H,1-6H2/t7-,8?/m0/s1. The summed E-state index contributed by atoms with van der Waals surface area (Å²) in [5, 5.41) is 6.93. The fourth-order valence-corrected chi connectivity index (χ4v) is 1.80. The van der Waals surface area contributed by atoms with E-state index in [2.05, 4.69) is 10.6 Å². The number of ether oxygens (including phenoxy) is 1. The van der Waals surface area contributed by atoms with Crippen LogP contribution in [-0.2, 0) is 4.74 Å². The van der Waals surface area contributed by atoms with Crippen LogP contribution >= 0.6 is 0 Å². The average molecular weight is 156 g/mol. The highest BCUT2D eigenvalue weighted by Crippen LogP contribution is 2.06. The molecule has 64 valence electrons. The molecule has 3 nitrogen and oxygen atoms in total. The van der Waals surface area contributed by atoms with E-state index < -0.39 is 0 Å². The van der Waals surface area contributed by atoms with Crippen molar-refractivity contribution in [3.8, 4) is 0 Å². The Morgan fingerprint density at radius 1 is 1.27 bits per heavy atom. The third-order valence-electron chi connectivity index (χ3n) is 2.46. The molecule has 0 amide bonds. The van der Waals surface area contributed by atoms with E-state index >= 15 is 0 Å². The number of hydrogen-bond donors (Lipinski definition) is 2. The van der Waals surface area contributed by atoms with Crippen molar-refractivity contribution in [3.63, 3.8) is 0 Å². The predicted octanol–water partition coefficient (Wildman–Crippen LogP) is -0.273. The molecule has 0 aromatic heterocycles. The maximum absolute atomic E-state index is 5.28. The van der Waals surface area contributed by atoms with Crippen molar-refractivity contribution in [2.75, 3.05) is 26.3 Å². The summed E-state index contributed by atoms with van der Waals surface area (Å²) in [5.74, 6) is 0. The second-order valence-electron chi connectivity index (χ2n) is 3.42. The van der Waals surface area contributed by atoms with Crippen LogP contribution < -0.4 is 10.6 Å². The molecule has 2 saturated heterocycles. The van der Waals surface area contributed by atoms with Crippen molar-refractivity contribution in [2.24, 2.45) is 0 Å². The topological polar surface area (TPSA) is 33.3 Å². The van der Waals surface area contributed by atoms with Gasteiger partial charge in [0.1, 0.15) is 0 Å². The minimum absolute atomic E-state index is 0.625. The highest BCUT2D eigenvalue weighted by atomic mass is 16.5. The summed E-state index contributed by atoms with van der Waals surface area (Å²) >= 11 is 0. The zero-order valence-electron chi connectivity index (χ0n) is 6.81. The molecule has 2 aliphatic heterocycles. The van der Waals surface area contributed by atoms with Gasteiger partial charge < -0.3 is 15.4 Å². The Morgan fingerprint density at radius 3 is 2.91 bits per heavy atom. The first-order valence-electron chi connectivity index (χ1n) is 4.49. The van der Waals surface area contributed by atoms with E-state index in [0.29, 0.717) is 12.1 Å². The lowest BCUT2D eigenvalue weighted by Crippen LogP contribution is -2.39. The molecule has 0 radical (unpaired) electrons. The lowest BCUT2D eigenvalue weighted by atomic mass is 10.2. The molecule has 2 atom stereocenters. The quantitative estimate of drug-likeness (QED) is 0.577. The van der Waals surface area contributed by atoms with Gasteiger partial charge in [0.25, 0.3) is 0 Å². The fourth-order valence-electron chi connectivity index (χ4n) is 1.80. The van der Waals surface area contributed by atoms with E-state index in [-0.39, 0.29) is 0 Å². The molecule has 0 bridgehead atoms.